The van der Waals surface area contributed by atoms with E-state index in [1.807, 2.05) is 6.08 Å². The highest BCUT2D eigenvalue weighted by molar-refractivity contribution is 7.89. The van der Waals surface area contributed by atoms with Crippen LogP contribution in [0.5, 0.6) is 0 Å². The van der Waals surface area contributed by atoms with Crippen LogP contribution in [0.2, 0.25) is 0 Å². The molecule has 2 aliphatic rings. The van der Waals surface area contributed by atoms with Crippen LogP contribution in [-0.2, 0) is 14.8 Å². The summed E-state index contributed by atoms with van der Waals surface area (Å²) in [5.74, 6) is -2.25. The summed E-state index contributed by atoms with van der Waals surface area (Å²) in [6.07, 6.45) is 6.52. The molecule has 0 saturated carbocycles. The molecular weight excluding hydrogens is 350 g/mol. The van der Waals surface area contributed by atoms with Gasteiger partial charge in [0.2, 0.25) is 15.9 Å². The van der Waals surface area contributed by atoms with Crippen LogP contribution in [0.15, 0.2) is 35.2 Å². The van der Waals surface area contributed by atoms with Gasteiger partial charge in [-0.15, -0.1) is 0 Å². The van der Waals surface area contributed by atoms with E-state index in [0.29, 0.717) is 19.2 Å². The van der Waals surface area contributed by atoms with Crippen molar-refractivity contribution in [2.45, 2.75) is 24.2 Å². The van der Waals surface area contributed by atoms with Crippen molar-refractivity contribution in [2.75, 3.05) is 26.2 Å². The summed E-state index contributed by atoms with van der Waals surface area (Å²) in [4.78, 5) is 13.9. The number of sulfonamides is 1. The predicted molar refractivity (Wildman–Crippen MR) is 88.2 cm³/mol. The number of hydrogen-bond donors (Lipinski definition) is 0. The molecule has 0 N–H and O–H groups in total. The standard InChI is InChI=1S/C17H20F2N2O3S/c18-15-7-6-14(12-16(15)19)25(23,24)21-10-8-20(9-11-21)17(22)13-4-2-1-3-5-13/h1-2,6-7,12-13H,3-5,8-11H2. The number of hydrogen-bond acceptors (Lipinski definition) is 3. The van der Waals surface area contributed by atoms with Gasteiger partial charge < -0.3 is 4.90 Å². The molecule has 1 amide bonds. The molecule has 1 saturated heterocycles. The fraction of sp³-hybridized carbons (Fsp3) is 0.471. The summed E-state index contributed by atoms with van der Waals surface area (Å²) < 4.78 is 52.7. The molecule has 0 bridgehead atoms. The third-order valence-electron chi connectivity index (χ3n) is 4.70. The Labute approximate surface area is 146 Å². The molecule has 1 aromatic rings. The number of benzene rings is 1. The van der Waals surface area contributed by atoms with Crippen LogP contribution in [0.1, 0.15) is 19.3 Å². The van der Waals surface area contributed by atoms with Gasteiger partial charge in [-0.2, -0.15) is 4.31 Å². The maximum absolute atomic E-state index is 13.3. The Bertz CT molecular complexity index is 787. The highest BCUT2D eigenvalue weighted by Gasteiger charge is 2.32. The lowest BCUT2D eigenvalue weighted by atomic mass is 9.93. The summed E-state index contributed by atoms with van der Waals surface area (Å²) in [6.45, 7) is 0.912. The molecule has 1 atom stereocenters. The van der Waals surface area contributed by atoms with Crippen LogP contribution in [0, 0.1) is 17.6 Å². The van der Waals surface area contributed by atoms with E-state index in [-0.39, 0.29) is 29.8 Å². The Hall–Kier alpha value is -1.80. The van der Waals surface area contributed by atoms with Crippen LogP contribution in [0.25, 0.3) is 0 Å². The molecule has 0 radical (unpaired) electrons. The van der Waals surface area contributed by atoms with E-state index in [0.717, 1.165) is 31.4 Å². The highest BCUT2D eigenvalue weighted by Crippen LogP contribution is 2.23. The molecule has 1 heterocycles. The average molecular weight is 370 g/mol. The number of nitrogens with zero attached hydrogens (tertiary/aromatic N) is 2. The number of piperazine rings is 1. The quantitative estimate of drug-likeness (QED) is 0.766. The van der Waals surface area contributed by atoms with Gasteiger partial charge in [0.05, 0.1) is 4.90 Å². The van der Waals surface area contributed by atoms with E-state index in [1.54, 1.807) is 4.90 Å². The maximum Gasteiger partial charge on any atom is 0.243 e. The van der Waals surface area contributed by atoms with Crippen molar-refractivity contribution in [1.82, 2.24) is 9.21 Å². The molecule has 1 aromatic carbocycles. The summed E-state index contributed by atoms with van der Waals surface area (Å²) >= 11 is 0. The first kappa shape index (κ1) is 18.0. The zero-order valence-electron chi connectivity index (χ0n) is 13.7. The molecule has 5 nitrogen and oxygen atoms in total. The first-order chi connectivity index (χ1) is 11.9. The molecule has 1 aliphatic carbocycles. The number of rotatable bonds is 3. The van der Waals surface area contributed by atoms with Crippen LogP contribution < -0.4 is 0 Å². The second-order valence-corrected chi connectivity index (χ2v) is 8.22. The van der Waals surface area contributed by atoms with Gasteiger partial charge in [-0.3, -0.25) is 4.79 Å². The van der Waals surface area contributed by atoms with Gasteiger partial charge in [0.1, 0.15) is 0 Å². The molecule has 1 unspecified atom stereocenters. The predicted octanol–water partition coefficient (Wildman–Crippen LogP) is 2.15. The second-order valence-electron chi connectivity index (χ2n) is 6.29. The van der Waals surface area contributed by atoms with Crippen molar-refractivity contribution >= 4 is 15.9 Å². The highest BCUT2D eigenvalue weighted by atomic mass is 32.2. The fourth-order valence-corrected chi connectivity index (χ4v) is 4.65. The molecule has 0 aromatic heterocycles. The third-order valence-corrected chi connectivity index (χ3v) is 6.59. The smallest absolute Gasteiger partial charge is 0.243 e. The van der Waals surface area contributed by atoms with Crippen molar-refractivity contribution in [2.24, 2.45) is 5.92 Å². The number of carbonyl (C=O) groups excluding carboxylic acids is 1. The molecule has 8 heteroatoms. The van der Waals surface area contributed by atoms with Gasteiger partial charge in [-0.25, -0.2) is 17.2 Å². The van der Waals surface area contributed by atoms with Gasteiger partial charge in [-0.05, 0) is 37.5 Å². The minimum Gasteiger partial charge on any atom is -0.340 e. The van der Waals surface area contributed by atoms with E-state index < -0.39 is 21.7 Å². The molecule has 136 valence electrons. The number of amides is 1. The largest absolute Gasteiger partial charge is 0.340 e. The van der Waals surface area contributed by atoms with Gasteiger partial charge in [0.15, 0.2) is 11.6 Å². The Morgan fingerprint density at radius 1 is 1.04 bits per heavy atom. The van der Waals surface area contributed by atoms with Crippen molar-refractivity contribution in [3.05, 3.63) is 42.0 Å². The topological polar surface area (TPSA) is 57.7 Å². The van der Waals surface area contributed by atoms with Crippen LogP contribution in [-0.4, -0.2) is 49.7 Å². The summed E-state index contributed by atoms with van der Waals surface area (Å²) in [6, 6.07) is 2.55. The zero-order valence-corrected chi connectivity index (χ0v) is 14.5. The maximum atomic E-state index is 13.3. The van der Waals surface area contributed by atoms with Crippen molar-refractivity contribution < 1.29 is 22.0 Å². The van der Waals surface area contributed by atoms with E-state index in [4.69, 9.17) is 0 Å². The van der Waals surface area contributed by atoms with E-state index in [1.165, 1.54) is 4.31 Å². The van der Waals surface area contributed by atoms with E-state index >= 15 is 0 Å². The van der Waals surface area contributed by atoms with Crippen molar-refractivity contribution in [3.63, 3.8) is 0 Å². The van der Waals surface area contributed by atoms with Crippen LogP contribution >= 0.6 is 0 Å². The van der Waals surface area contributed by atoms with Crippen molar-refractivity contribution in [3.8, 4) is 0 Å². The number of allylic oxidation sites excluding steroid dienone is 2. The number of carbonyl (C=O) groups is 1. The third kappa shape index (κ3) is 3.74. The van der Waals surface area contributed by atoms with E-state index in [2.05, 4.69) is 6.08 Å². The molecule has 1 aliphatic heterocycles. The van der Waals surface area contributed by atoms with Crippen LogP contribution in [0.4, 0.5) is 8.78 Å². The lowest BCUT2D eigenvalue weighted by Crippen LogP contribution is -2.51. The zero-order chi connectivity index (χ0) is 18.0. The molecule has 25 heavy (non-hydrogen) atoms. The van der Waals surface area contributed by atoms with Crippen LogP contribution in [0.3, 0.4) is 0 Å². The first-order valence-electron chi connectivity index (χ1n) is 8.28. The summed E-state index contributed by atoms with van der Waals surface area (Å²) in [5.41, 5.74) is 0. The van der Waals surface area contributed by atoms with Gasteiger partial charge in [-0.1, -0.05) is 12.2 Å². The second kappa shape index (κ2) is 7.21. The van der Waals surface area contributed by atoms with Gasteiger partial charge in [0, 0.05) is 32.1 Å². The molecule has 3 rings (SSSR count). The lowest BCUT2D eigenvalue weighted by Gasteiger charge is -2.36. The normalized spacial score (nSPS) is 22.2. The van der Waals surface area contributed by atoms with E-state index in [9.17, 15) is 22.0 Å². The Morgan fingerprint density at radius 3 is 2.36 bits per heavy atom. The van der Waals surface area contributed by atoms with Gasteiger partial charge in [0.25, 0.3) is 0 Å². The Balaban J connectivity index is 1.65. The Kier molecular flexibility index (Phi) is 5.19. The SMILES string of the molecule is O=C(C1CC=CCC1)N1CCN(S(=O)(=O)c2ccc(F)c(F)c2)CC1. The first-order valence-corrected chi connectivity index (χ1v) is 9.72. The molecule has 1 fully saturated rings. The Morgan fingerprint density at radius 2 is 1.76 bits per heavy atom. The monoisotopic (exact) mass is 370 g/mol. The minimum atomic E-state index is -3.90. The van der Waals surface area contributed by atoms with Gasteiger partial charge >= 0.3 is 0 Å². The molecule has 0 spiro atoms. The molecular formula is C17H20F2N2O3S. The van der Waals surface area contributed by atoms with Crippen molar-refractivity contribution in [1.29, 1.82) is 0 Å². The average Bonchev–Trinajstić information content (AvgIpc) is 2.64. The summed E-state index contributed by atoms with van der Waals surface area (Å²) in [7, 11) is -3.90. The minimum absolute atomic E-state index is 0.0284. The lowest BCUT2D eigenvalue weighted by molar-refractivity contribution is -0.137. The fourth-order valence-electron chi connectivity index (χ4n) is 3.21. The number of halogens is 2. The summed E-state index contributed by atoms with van der Waals surface area (Å²) in [5, 5.41) is 0.